The van der Waals surface area contributed by atoms with E-state index in [0.717, 1.165) is 5.56 Å². The Bertz CT molecular complexity index is 912. The fourth-order valence-electron chi connectivity index (χ4n) is 2.18. The van der Waals surface area contributed by atoms with Gasteiger partial charge in [-0.25, -0.2) is 17.9 Å². The van der Waals surface area contributed by atoms with Crippen LogP contribution in [-0.4, -0.2) is 26.4 Å². The number of nitrogens with one attached hydrogen (secondary N) is 1. The molecule has 0 aliphatic heterocycles. The number of aryl methyl sites for hydroxylation is 1. The SMILES string of the molecule is C[C@H](OC(=O)CCc1ccc(F)cc1)C(=O)Nc1ccc(S(N)(=O)=O)cc1. The summed E-state index contributed by atoms with van der Waals surface area (Å²) in [5.41, 5.74) is 1.11. The lowest BCUT2D eigenvalue weighted by Crippen LogP contribution is -2.30. The van der Waals surface area contributed by atoms with Gasteiger partial charge < -0.3 is 10.1 Å². The van der Waals surface area contributed by atoms with Gasteiger partial charge in [-0.15, -0.1) is 0 Å². The van der Waals surface area contributed by atoms with E-state index in [0.29, 0.717) is 12.1 Å². The molecule has 3 N–H and O–H groups in total. The maximum Gasteiger partial charge on any atom is 0.306 e. The number of anilines is 1. The van der Waals surface area contributed by atoms with Crippen LogP contribution in [0.5, 0.6) is 0 Å². The Morgan fingerprint density at radius 1 is 1.11 bits per heavy atom. The predicted octanol–water partition coefficient (Wildman–Crippen LogP) is 1.98. The van der Waals surface area contributed by atoms with Gasteiger partial charge in [0.25, 0.3) is 5.91 Å². The zero-order valence-electron chi connectivity index (χ0n) is 14.5. The zero-order chi connectivity index (χ0) is 20.0. The first-order valence-electron chi connectivity index (χ1n) is 8.03. The summed E-state index contributed by atoms with van der Waals surface area (Å²) in [6.07, 6.45) is -0.627. The third kappa shape index (κ3) is 6.46. The molecule has 2 aromatic rings. The van der Waals surface area contributed by atoms with E-state index < -0.39 is 28.0 Å². The van der Waals surface area contributed by atoms with E-state index in [1.54, 1.807) is 12.1 Å². The van der Waals surface area contributed by atoms with Crippen LogP contribution in [0.3, 0.4) is 0 Å². The molecule has 1 atom stereocenters. The number of amides is 1. The van der Waals surface area contributed by atoms with Crippen LogP contribution in [0, 0.1) is 5.82 Å². The van der Waals surface area contributed by atoms with Crippen molar-refractivity contribution in [3.05, 3.63) is 59.9 Å². The summed E-state index contributed by atoms with van der Waals surface area (Å²) < 4.78 is 40.3. The first kappa shape index (κ1) is 20.5. The van der Waals surface area contributed by atoms with Gasteiger partial charge in [0.2, 0.25) is 10.0 Å². The van der Waals surface area contributed by atoms with Crippen LogP contribution >= 0.6 is 0 Å². The third-order valence-electron chi connectivity index (χ3n) is 3.66. The molecule has 0 heterocycles. The molecule has 0 aliphatic carbocycles. The van der Waals surface area contributed by atoms with E-state index in [9.17, 15) is 22.4 Å². The Morgan fingerprint density at radius 3 is 2.26 bits per heavy atom. The summed E-state index contributed by atoms with van der Waals surface area (Å²) in [5.74, 6) is -1.48. The van der Waals surface area contributed by atoms with Crippen molar-refractivity contribution in [3.8, 4) is 0 Å². The van der Waals surface area contributed by atoms with Gasteiger partial charge in [0, 0.05) is 12.1 Å². The summed E-state index contributed by atoms with van der Waals surface area (Å²) >= 11 is 0. The van der Waals surface area contributed by atoms with Crippen LogP contribution in [0.25, 0.3) is 0 Å². The Hall–Kier alpha value is -2.78. The van der Waals surface area contributed by atoms with Gasteiger partial charge in [0.15, 0.2) is 6.10 Å². The van der Waals surface area contributed by atoms with Crippen molar-refractivity contribution in [1.82, 2.24) is 0 Å². The second kappa shape index (κ2) is 8.74. The van der Waals surface area contributed by atoms with E-state index >= 15 is 0 Å². The highest BCUT2D eigenvalue weighted by Crippen LogP contribution is 2.13. The van der Waals surface area contributed by atoms with Gasteiger partial charge in [-0.1, -0.05) is 12.1 Å². The Kier molecular flexibility index (Phi) is 6.65. The number of carbonyl (C=O) groups excluding carboxylic acids is 2. The van der Waals surface area contributed by atoms with E-state index in [2.05, 4.69) is 5.32 Å². The van der Waals surface area contributed by atoms with Crippen molar-refractivity contribution in [2.24, 2.45) is 5.14 Å². The molecule has 0 radical (unpaired) electrons. The molecule has 2 aromatic carbocycles. The summed E-state index contributed by atoms with van der Waals surface area (Å²) in [7, 11) is -3.81. The van der Waals surface area contributed by atoms with E-state index in [1.807, 2.05) is 0 Å². The second-order valence-electron chi connectivity index (χ2n) is 5.82. The Balaban J connectivity index is 1.83. The van der Waals surface area contributed by atoms with Gasteiger partial charge in [-0.3, -0.25) is 9.59 Å². The van der Waals surface area contributed by atoms with Crippen molar-refractivity contribution in [1.29, 1.82) is 0 Å². The lowest BCUT2D eigenvalue weighted by Gasteiger charge is -2.13. The average molecular weight is 394 g/mol. The van der Waals surface area contributed by atoms with Gasteiger partial charge in [0.1, 0.15) is 5.82 Å². The van der Waals surface area contributed by atoms with Crippen LogP contribution in [0.4, 0.5) is 10.1 Å². The minimum atomic E-state index is -3.81. The van der Waals surface area contributed by atoms with Gasteiger partial charge in [-0.2, -0.15) is 0 Å². The van der Waals surface area contributed by atoms with Crippen molar-refractivity contribution < 1.29 is 27.1 Å². The standard InChI is InChI=1S/C18H19FN2O5S/c1-12(26-17(22)11-4-13-2-5-14(19)6-3-13)18(23)21-15-7-9-16(10-8-15)27(20,24)25/h2-3,5-10,12H,4,11H2,1H3,(H,21,23)(H2,20,24,25)/t12-/m0/s1. The lowest BCUT2D eigenvalue weighted by atomic mass is 10.1. The number of sulfonamides is 1. The predicted molar refractivity (Wildman–Crippen MR) is 96.7 cm³/mol. The summed E-state index contributed by atoms with van der Waals surface area (Å²) in [5, 5.41) is 7.51. The molecule has 7 nitrogen and oxygen atoms in total. The number of benzene rings is 2. The number of primary sulfonamides is 1. The summed E-state index contributed by atoms with van der Waals surface area (Å²) in [6.45, 7) is 1.42. The zero-order valence-corrected chi connectivity index (χ0v) is 15.3. The first-order chi connectivity index (χ1) is 12.6. The normalized spacial score (nSPS) is 12.3. The van der Waals surface area contributed by atoms with Crippen molar-refractivity contribution in [2.75, 3.05) is 5.32 Å². The topological polar surface area (TPSA) is 116 Å². The number of hydrogen-bond donors (Lipinski definition) is 2. The largest absolute Gasteiger partial charge is 0.453 e. The van der Waals surface area contributed by atoms with Gasteiger partial charge in [0.05, 0.1) is 4.90 Å². The monoisotopic (exact) mass is 394 g/mol. The summed E-state index contributed by atoms with van der Waals surface area (Å²) in [6, 6.07) is 11.0. The fourth-order valence-corrected chi connectivity index (χ4v) is 2.69. The molecule has 2 rings (SSSR count). The molecule has 0 unspecified atom stereocenters. The Labute approximate surface area is 156 Å². The van der Waals surface area contributed by atoms with Crippen LogP contribution in [0.1, 0.15) is 18.9 Å². The Morgan fingerprint density at radius 2 is 1.70 bits per heavy atom. The fraction of sp³-hybridized carbons (Fsp3) is 0.222. The molecule has 0 fully saturated rings. The van der Waals surface area contributed by atoms with Crippen molar-refractivity contribution >= 4 is 27.6 Å². The van der Waals surface area contributed by atoms with E-state index in [4.69, 9.17) is 9.88 Å². The van der Waals surface area contributed by atoms with Gasteiger partial charge in [-0.05, 0) is 55.3 Å². The quantitative estimate of drug-likeness (QED) is 0.697. The van der Waals surface area contributed by atoms with Crippen molar-refractivity contribution in [2.45, 2.75) is 30.8 Å². The molecule has 27 heavy (non-hydrogen) atoms. The number of rotatable bonds is 7. The molecular formula is C18H19FN2O5S. The molecule has 0 aromatic heterocycles. The number of nitrogens with two attached hydrogens (primary N) is 1. The summed E-state index contributed by atoms with van der Waals surface area (Å²) in [4.78, 5) is 23.8. The second-order valence-corrected chi connectivity index (χ2v) is 7.38. The van der Waals surface area contributed by atoms with E-state index in [1.165, 1.54) is 43.3 Å². The first-order valence-corrected chi connectivity index (χ1v) is 9.57. The third-order valence-corrected chi connectivity index (χ3v) is 4.59. The molecule has 0 saturated heterocycles. The van der Waals surface area contributed by atoms with Gasteiger partial charge >= 0.3 is 5.97 Å². The van der Waals surface area contributed by atoms with Crippen LogP contribution in [0.15, 0.2) is 53.4 Å². The maximum atomic E-state index is 12.8. The van der Waals surface area contributed by atoms with Crippen LogP contribution < -0.4 is 10.5 Å². The molecule has 0 bridgehead atoms. The number of carbonyl (C=O) groups is 2. The lowest BCUT2D eigenvalue weighted by molar-refractivity contribution is -0.153. The van der Waals surface area contributed by atoms with Crippen LogP contribution in [-0.2, 0) is 30.8 Å². The number of halogens is 1. The number of hydrogen-bond acceptors (Lipinski definition) is 5. The minimum absolute atomic E-state index is 0.0479. The van der Waals surface area contributed by atoms with Crippen molar-refractivity contribution in [3.63, 3.8) is 0 Å². The smallest absolute Gasteiger partial charge is 0.306 e. The molecule has 0 aliphatic rings. The highest BCUT2D eigenvalue weighted by molar-refractivity contribution is 7.89. The number of esters is 1. The molecule has 0 spiro atoms. The molecule has 144 valence electrons. The number of ether oxygens (including phenoxy) is 1. The molecule has 0 saturated carbocycles. The highest BCUT2D eigenvalue weighted by atomic mass is 32.2. The highest BCUT2D eigenvalue weighted by Gasteiger charge is 2.18. The molecule has 9 heteroatoms. The van der Waals surface area contributed by atoms with Crippen LogP contribution in [0.2, 0.25) is 0 Å². The van der Waals surface area contributed by atoms with E-state index in [-0.39, 0.29) is 17.1 Å². The maximum absolute atomic E-state index is 12.8. The minimum Gasteiger partial charge on any atom is -0.453 e. The average Bonchev–Trinajstić information content (AvgIpc) is 2.61. The molecular weight excluding hydrogens is 375 g/mol. The molecule has 1 amide bonds.